The molecule has 1 heterocycles. The van der Waals surface area contributed by atoms with E-state index >= 15 is 0 Å². The van der Waals surface area contributed by atoms with Gasteiger partial charge in [-0.15, -0.1) is 0 Å². The summed E-state index contributed by atoms with van der Waals surface area (Å²) in [6, 6.07) is 4.14. The predicted octanol–water partition coefficient (Wildman–Crippen LogP) is 2.44. The quantitative estimate of drug-likeness (QED) is 0.866. The van der Waals surface area contributed by atoms with Gasteiger partial charge < -0.3 is 15.2 Å². The van der Waals surface area contributed by atoms with Crippen LogP contribution in [0.4, 0.5) is 4.39 Å². The van der Waals surface area contributed by atoms with Gasteiger partial charge in [0, 0.05) is 32.4 Å². The normalized spacial score (nSPS) is 18.8. The average molecular weight is 253 g/mol. The van der Waals surface area contributed by atoms with Gasteiger partial charge in [0.2, 0.25) is 0 Å². The lowest BCUT2D eigenvalue weighted by Gasteiger charge is -2.33. The number of phenols is 1. The lowest BCUT2D eigenvalue weighted by atomic mass is 9.82. The van der Waals surface area contributed by atoms with Crippen LogP contribution in [0.25, 0.3) is 0 Å². The van der Waals surface area contributed by atoms with Crippen LogP contribution in [0.5, 0.6) is 5.75 Å². The van der Waals surface area contributed by atoms with Gasteiger partial charge in [-0.05, 0) is 36.0 Å². The van der Waals surface area contributed by atoms with E-state index in [9.17, 15) is 9.50 Å². The Morgan fingerprint density at radius 1 is 1.33 bits per heavy atom. The highest BCUT2D eigenvalue weighted by atomic mass is 19.1. The van der Waals surface area contributed by atoms with Crippen molar-refractivity contribution in [2.24, 2.45) is 5.41 Å². The van der Waals surface area contributed by atoms with Gasteiger partial charge >= 0.3 is 0 Å². The smallest absolute Gasteiger partial charge is 0.127 e. The van der Waals surface area contributed by atoms with E-state index in [0.29, 0.717) is 6.54 Å². The highest BCUT2D eigenvalue weighted by molar-refractivity contribution is 5.28. The Labute approximate surface area is 107 Å². The van der Waals surface area contributed by atoms with Crippen molar-refractivity contribution in [3.05, 3.63) is 29.6 Å². The molecule has 1 saturated heterocycles. The molecule has 0 spiro atoms. The van der Waals surface area contributed by atoms with Crippen LogP contribution in [-0.2, 0) is 11.3 Å². The van der Waals surface area contributed by atoms with Gasteiger partial charge in [0.1, 0.15) is 11.6 Å². The summed E-state index contributed by atoms with van der Waals surface area (Å²) in [5, 5.41) is 12.6. The van der Waals surface area contributed by atoms with Crippen molar-refractivity contribution in [2.75, 3.05) is 19.8 Å². The molecule has 1 fully saturated rings. The molecular weight excluding hydrogens is 233 g/mol. The molecule has 0 saturated carbocycles. The minimum atomic E-state index is -0.399. The molecule has 3 nitrogen and oxygen atoms in total. The van der Waals surface area contributed by atoms with E-state index < -0.39 is 5.82 Å². The number of aromatic hydroxyl groups is 1. The molecule has 100 valence electrons. The van der Waals surface area contributed by atoms with Crippen LogP contribution in [0.3, 0.4) is 0 Å². The first-order chi connectivity index (χ1) is 8.57. The molecule has 0 aliphatic carbocycles. The molecule has 1 aliphatic rings. The number of hydrogen-bond acceptors (Lipinski definition) is 3. The van der Waals surface area contributed by atoms with Crippen LogP contribution in [0.2, 0.25) is 0 Å². The van der Waals surface area contributed by atoms with E-state index in [2.05, 4.69) is 12.2 Å². The zero-order valence-corrected chi connectivity index (χ0v) is 10.7. The van der Waals surface area contributed by atoms with Gasteiger partial charge in [0.15, 0.2) is 0 Å². The zero-order chi connectivity index (χ0) is 13.0. The Balaban J connectivity index is 1.84. The minimum Gasteiger partial charge on any atom is -0.508 e. The van der Waals surface area contributed by atoms with Crippen LogP contribution in [0.1, 0.15) is 25.3 Å². The van der Waals surface area contributed by atoms with E-state index in [1.54, 1.807) is 6.07 Å². The fourth-order valence-corrected chi connectivity index (χ4v) is 2.28. The molecule has 18 heavy (non-hydrogen) atoms. The van der Waals surface area contributed by atoms with Crippen LogP contribution in [0.15, 0.2) is 18.2 Å². The third kappa shape index (κ3) is 3.68. The van der Waals surface area contributed by atoms with Crippen molar-refractivity contribution in [3.8, 4) is 5.75 Å². The molecule has 1 aromatic rings. The number of phenolic OH excluding ortho intramolecular Hbond substituents is 1. The summed E-state index contributed by atoms with van der Waals surface area (Å²) < 4.78 is 18.4. The molecule has 2 rings (SSSR count). The number of rotatable bonds is 4. The molecule has 2 N–H and O–H groups in total. The largest absolute Gasteiger partial charge is 0.508 e. The lowest BCUT2D eigenvalue weighted by molar-refractivity contribution is 0.0240. The van der Waals surface area contributed by atoms with Crippen molar-refractivity contribution in [1.82, 2.24) is 5.32 Å². The third-order valence-corrected chi connectivity index (χ3v) is 3.52. The molecule has 0 aromatic heterocycles. The second-order valence-corrected chi connectivity index (χ2v) is 5.34. The topological polar surface area (TPSA) is 41.5 Å². The Bertz CT molecular complexity index is 383. The maximum absolute atomic E-state index is 13.1. The van der Waals surface area contributed by atoms with Crippen LogP contribution < -0.4 is 5.32 Å². The van der Waals surface area contributed by atoms with E-state index in [4.69, 9.17) is 4.74 Å². The monoisotopic (exact) mass is 253 g/mol. The molecule has 4 heteroatoms. The van der Waals surface area contributed by atoms with Gasteiger partial charge in [-0.3, -0.25) is 0 Å². The van der Waals surface area contributed by atoms with E-state index in [-0.39, 0.29) is 11.2 Å². The highest BCUT2D eigenvalue weighted by Crippen LogP contribution is 2.28. The first kappa shape index (κ1) is 13.3. The Hall–Kier alpha value is -1.13. The van der Waals surface area contributed by atoms with Crippen molar-refractivity contribution >= 4 is 0 Å². The van der Waals surface area contributed by atoms with Crippen LogP contribution in [-0.4, -0.2) is 24.9 Å². The second kappa shape index (κ2) is 5.67. The number of hydrogen-bond donors (Lipinski definition) is 2. The standard InChI is InChI=1S/C14H20FNO2/c1-14(2-4-18-5-3-14)10-16-9-11-6-12(15)8-13(17)7-11/h6-8,16-17H,2-5,9-10H2,1H3. The van der Waals surface area contributed by atoms with Crippen molar-refractivity contribution in [3.63, 3.8) is 0 Å². The first-order valence-corrected chi connectivity index (χ1v) is 6.34. The predicted molar refractivity (Wildman–Crippen MR) is 67.9 cm³/mol. The molecule has 0 amide bonds. The summed E-state index contributed by atoms with van der Waals surface area (Å²) in [5.74, 6) is -0.423. The van der Waals surface area contributed by atoms with Gasteiger partial charge in [0.25, 0.3) is 0 Å². The minimum absolute atomic E-state index is 0.0240. The van der Waals surface area contributed by atoms with Gasteiger partial charge in [0.05, 0.1) is 0 Å². The number of benzene rings is 1. The summed E-state index contributed by atoms with van der Waals surface area (Å²) in [5.41, 5.74) is 1.02. The number of nitrogens with one attached hydrogen (secondary N) is 1. The Morgan fingerprint density at radius 3 is 2.72 bits per heavy atom. The summed E-state index contributed by atoms with van der Waals surface area (Å²) >= 11 is 0. The lowest BCUT2D eigenvalue weighted by Crippen LogP contribution is -2.36. The summed E-state index contributed by atoms with van der Waals surface area (Å²) in [6.45, 7) is 5.33. The molecule has 0 unspecified atom stereocenters. The zero-order valence-electron chi connectivity index (χ0n) is 10.7. The summed E-state index contributed by atoms with van der Waals surface area (Å²) in [4.78, 5) is 0. The van der Waals surface area contributed by atoms with Crippen molar-refractivity contribution < 1.29 is 14.2 Å². The molecular formula is C14H20FNO2. The van der Waals surface area contributed by atoms with E-state index in [1.165, 1.54) is 6.07 Å². The molecule has 0 bridgehead atoms. The average Bonchev–Trinajstić information content (AvgIpc) is 2.28. The fraction of sp³-hybridized carbons (Fsp3) is 0.571. The molecule has 0 atom stereocenters. The maximum Gasteiger partial charge on any atom is 0.127 e. The van der Waals surface area contributed by atoms with E-state index in [1.807, 2.05) is 0 Å². The highest BCUT2D eigenvalue weighted by Gasteiger charge is 2.26. The maximum atomic E-state index is 13.1. The Morgan fingerprint density at radius 2 is 2.06 bits per heavy atom. The SMILES string of the molecule is CC1(CNCc2cc(O)cc(F)c2)CCOCC1. The molecule has 1 aromatic carbocycles. The summed E-state index contributed by atoms with van der Waals surface area (Å²) in [7, 11) is 0. The van der Waals surface area contributed by atoms with Gasteiger partial charge in [-0.1, -0.05) is 6.92 Å². The summed E-state index contributed by atoms with van der Waals surface area (Å²) in [6.07, 6.45) is 2.10. The first-order valence-electron chi connectivity index (χ1n) is 6.34. The Kier molecular flexibility index (Phi) is 4.19. The van der Waals surface area contributed by atoms with Crippen LogP contribution >= 0.6 is 0 Å². The fourth-order valence-electron chi connectivity index (χ4n) is 2.28. The number of halogens is 1. The van der Waals surface area contributed by atoms with Crippen molar-refractivity contribution in [1.29, 1.82) is 0 Å². The molecule has 1 aliphatic heterocycles. The van der Waals surface area contributed by atoms with Gasteiger partial charge in [-0.2, -0.15) is 0 Å². The van der Waals surface area contributed by atoms with E-state index in [0.717, 1.165) is 44.2 Å². The van der Waals surface area contributed by atoms with Crippen LogP contribution in [0, 0.1) is 11.2 Å². The molecule has 0 radical (unpaired) electrons. The second-order valence-electron chi connectivity index (χ2n) is 5.34. The van der Waals surface area contributed by atoms with Crippen molar-refractivity contribution in [2.45, 2.75) is 26.3 Å². The number of ether oxygens (including phenoxy) is 1. The third-order valence-electron chi connectivity index (χ3n) is 3.52. The van der Waals surface area contributed by atoms with Gasteiger partial charge in [-0.25, -0.2) is 4.39 Å².